The molecule has 7 aromatic carbocycles. The number of benzene rings is 7. The highest BCUT2D eigenvalue weighted by Crippen LogP contribution is 2.22. The van der Waals surface area contributed by atoms with Gasteiger partial charge < -0.3 is 76.9 Å². The van der Waals surface area contributed by atoms with Crippen molar-refractivity contribution in [1.82, 2.24) is 59.8 Å². The summed E-state index contributed by atoms with van der Waals surface area (Å²) in [7, 11) is -17.9. The average Bonchev–Trinajstić information content (AvgIpc) is 0.830. The van der Waals surface area contributed by atoms with Crippen LogP contribution in [0.4, 0.5) is 0 Å². The van der Waals surface area contributed by atoms with Crippen molar-refractivity contribution in [3.05, 3.63) is 251 Å². The molecule has 0 aliphatic rings. The Balaban J connectivity index is 1.19. The highest BCUT2D eigenvalue weighted by molar-refractivity contribution is 7.89. The fourth-order valence-electron chi connectivity index (χ4n) is 15.2. The Morgan fingerprint density at radius 1 is 0.280 bits per heavy atom. The zero-order valence-corrected chi connectivity index (χ0v) is 78.9. The van der Waals surface area contributed by atoms with Gasteiger partial charge in [-0.3, -0.25) is 38.4 Å². The first-order valence-electron chi connectivity index (χ1n) is 45.0. The van der Waals surface area contributed by atoms with E-state index in [1.807, 2.05) is 13.8 Å². The van der Waals surface area contributed by atoms with Gasteiger partial charge in [0.25, 0.3) is 0 Å². The molecule has 7 rings (SSSR count). The van der Waals surface area contributed by atoms with Gasteiger partial charge in [-0.05, 0) is 136 Å². The normalized spacial score (nSPS) is 13.8. The summed E-state index contributed by atoms with van der Waals surface area (Å²) in [6.45, 7) is -0.912. The number of hydrogen-bond acceptors (Lipinski definition) is 22. The predicted molar refractivity (Wildman–Crippen MR) is 513 cm³/mol. The van der Waals surface area contributed by atoms with Gasteiger partial charge in [0.1, 0.15) is 18.1 Å². The molecule has 20 N–H and O–H groups in total. The lowest BCUT2D eigenvalue weighted by Crippen LogP contribution is -2.58. The maximum Gasteiger partial charge on any atom is 0.243 e. The van der Waals surface area contributed by atoms with Crippen LogP contribution in [0.5, 0.6) is 0 Å². The lowest BCUT2D eigenvalue weighted by molar-refractivity contribution is -0.130. The number of rotatable bonds is 65. The second-order valence-electron chi connectivity index (χ2n) is 33.4. The summed E-state index contributed by atoms with van der Waals surface area (Å²) in [4.78, 5) is 118. The van der Waals surface area contributed by atoms with Crippen molar-refractivity contribution in [2.24, 2.45) is 34.4 Å². The van der Waals surface area contributed by atoms with Crippen LogP contribution in [0.15, 0.2) is 212 Å². The predicted octanol–water partition coefficient (Wildman–Crippen LogP) is 2.81. The van der Waals surface area contributed by atoms with Gasteiger partial charge in [-0.1, -0.05) is 245 Å². The third-order valence-electron chi connectivity index (χ3n) is 21.8. The fourth-order valence-corrected chi connectivity index (χ4v) is 21.1. The van der Waals surface area contributed by atoms with Gasteiger partial charge in [-0.15, -0.1) is 0 Å². The number of primary amides is 1. The largest absolute Gasteiger partial charge is 0.369 e. The molecule has 0 saturated heterocycles. The minimum Gasteiger partial charge on any atom is -0.369 e. The van der Waals surface area contributed by atoms with Gasteiger partial charge in [-0.2, -0.15) is 17.2 Å². The average molecular weight is 1900 g/mol. The van der Waals surface area contributed by atoms with Crippen molar-refractivity contribution in [2.75, 3.05) is 90.8 Å². The summed E-state index contributed by atoms with van der Waals surface area (Å²) in [6.07, 6.45) is 4.04. The molecule has 1 unspecified atom stereocenters. The van der Waals surface area contributed by atoms with E-state index in [1.165, 1.54) is 0 Å². The molecule has 34 nitrogen and oxygen atoms in total. The SMILES string of the molecule is CC(C)N[C@@H](CCCCN)C(=O)N[C@@H](CCCCN)CN(CC(=O)N[C@@H](Cc1ccccc1)C(=O)N[C@@H](CCCCN)CN(CC(=O)N[C@@H](Cc1ccccc1)C(=O)NC(Cc1ccccc1)CN(CC(=O)N[C@@H](CCCCN)C(=O)N[C@@H](Cc1ccccc1)CN(CC(N)=O)S(=O)(=O)Cc1ccccc1)S(=O)(=O)Cc1ccccc1)S(=O)(=O)CCN)S(=O)(=O)Cc1ccccc1. The minimum atomic E-state index is -4.62. The molecule has 0 spiro atoms. The van der Waals surface area contributed by atoms with Crippen molar-refractivity contribution in [3.63, 3.8) is 0 Å². The molecule has 38 heteroatoms. The van der Waals surface area contributed by atoms with Crippen molar-refractivity contribution in [1.29, 1.82) is 0 Å². The van der Waals surface area contributed by atoms with Gasteiger partial charge >= 0.3 is 0 Å². The summed E-state index contributed by atoms with van der Waals surface area (Å²) in [5, 5.41) is 23.5. The smallest absolute Gasteiger partial charge is 0.243 e. The second-order valence-corrected chi connectivity index (χ2v) is 41.4. The molecule has 0 bridgehead atoms. The molecule has 722 valence electrons. The van der Waals surface area contributed by atoms with E-state index in [0.29, 0.717) is 103 Å². The van der Waals surface area contributed by atoms with Gasteiger partial charge in [0.15, 0.2) is 0 Å². The first-order valence-corrected chi connectivity index (χ1v) is 51.5. The standard InChI is InChI=1S/C94H136N18O16S4/c1-71(2)101-83(48-26-30-52-97)91(117)102-80(47-25-29-51-96)61-111(131(125,126)69-77-42-20-8-21-43-77)67-90(116)107-85(58-74-36-14-5-15-37-74)93(119)103-79(46-24-28-50-95)60-110(129(121,122)55-54-99)65-89(115)108-86(59-75-38-16-6-17-39-75)94(120)105-82(57-73-34-12-4-13-35-73)63-112(132(127,128)70-78-44-22-9-23-45-78)66-88(114)106-84(49-27-31-53-98)92(118)104-81(56-72-32-10-3-11-33-72)62-109(64-87(100)113)130(123,124)68-76-40-18-7-19-41-76/h3-23,32-45,71,79-86,101H,24-31,46-70,95-99H2,1-2H3,(H2,100,113)(H,102,117)(H,103,119)(H,104,118)(H,105,120)(H,106,114)(H,107,116)(H,108,115)/t79-,80-,81-,82?,83-,84-,85-,86-/m0/s1. The first-order chi connectivity index (χ1) is 63.2. The molecule has 0 aromatic heterocycles. The first kappa shape index (κ1) is 109. The Bertz CT molecular complexity index is 5140. The number of hydrogen-bond donors (Lipinski definition) is 14. The molecular weight excluding hydrogens is 1770 g/mol. The number of nitrogens with two attached hydrogens (primary N) is 6. The van der Waals surface area contributed by atoms with Crippen LogP contribution in [-0.4, -0.2) is 243 Å². The van der Waals surface area contributed by atoms with E-state index in [0.717, 1.165) is 17.2 Å². The van der Waals surface area contributed by atoms with Crippen molar-refractivity contribution in [3.8, 4) is 0 Å². The molecule has 0 fully saturated rings. The number of nitrogens with one attached hydrogen (secondary N) is 8. The maximum absolute atomic E-state index is 15.6. The van der Waals surface area contributed by atoms with Gasteiger partial charge in [0.2, 0.25) is 87.4 Å². The van der Waals surface area contributed by atoms with Gasteiger partial charge in [-0.25, -0.2) is 33.7 Å². The topological polar surface area (TPSA) is 538 Å². The van der Waals surface area contributed by atoms with E-state index in [4.69, 9.17) is 34.4 Å². The molecule has 0 heterocycles. The quantitative estimate of drug-likeness (QED) is 0.0244. The van der Waals surface area contributed by atoms with E-state index < -0.39 is 205 Å². The Morgan fingerprint density at radius 2 is 0.530 bits per heavy atom. The third-order valence-corrected chi connectivity index (χ3v) is 28.9. The Labute approximate surface area is 779 Å². The maximum atomic E-state index is 15.6. The summed E-state index contributed by atoms with van der Waals surface area (Å²) < 4.78 is 122. The van der Waals surface area contributed by atoms with E-state index >= 15 is 27.6 Å². The third kappa shape index (κ3) is 40.2. The zero-order valence-electron chi connectivity index (χ0n) is 75.7. The van der Waals surface area contributed by atoms with Crippen LogP contribution in [0, 0.1) is 0 Å². The van der Waals surface area contributed by atoms with E-state index in [9.17, 15) is 44.4 Å². The number of carbonyl (C=O) groups is 8. The van der Waals surface area contributed by atoms with Gasteiger partial charge in [0, 0.05) is 75.8 Å². The number of carbonyl (C=O) groups excluding carboxylic acids is 8. The Hall–Kier alpha value is -10.3. The lowest BCUT2D eigenvalue weighted by Gasteiger charge is -2.31. The molecule has 0 aliphatic carbocycles. The molecule has 8 atom stereocenters. The molecule has 8 amide bonds. The molecular formula is C94H136N18O16S4. The molecule has 132 heavy (non-hydrogen) atoms. The zero-order chi connectivity index (χ0) is 95.9. The summed E-state index contributed by atoms with van der Waals surface area (Å²) in [6, 6.07) is 49.9. The van der Waals surface area contributed by atoms with Crippen LogP contribution in [0.2, 0.25) is 0 Å². The number of amides is 8. The van der Waals surface area contributed by atoms with E-state index in [2.05, 4.69) is 42.5 Å². The highest BCUT2D eigenvalue weighted by Gasteiger charge is 2.38. The van der Waals surface area contributed by atoms with Crippen LogP contribution >= 0.6 is 0 Å². The van der Waals surface area contributed by atoms with Crippen LogP contribution in [0.25, 0.3) is 0 Å². The number of nitrogens with zero attached hydrogens (tertiary/aromatic N) is 4. The van der Waals surface area contributed by atoms with Crippen molar-refractivity contribution < 1.29 is 72.0 Å². The van der Waals surface area contributed by atoms with E-state index in [1.54, 1.807) is 212 Å². The Morgan fingerprint density at radius 3 is 0.833 bits per heavy atom. The van der Waals surface area contributed by atoms with E-state index in [-0.39, 0.29) is 82.9 Å². The highest BCUT2D eigenvalue weighted by atomic mass is 32.2. The minimum absolute atomic E-state index is 0.0326. The molecule has 0 saturated carbocycles. The van der Waals surface area contributed by atoms with Crippen LogP contribution in [0.1, 0.15) is 130 Å². The molecule has 0 aliphatic heterocycles. The summed E-state index contributed by atoms with van der Waals surface area (Å²) in [5.74, 6) is -9.06. The number of unbranched alkanes of at least 4 members (excludes halogenated alkanes) is 4. The molecule has 0 radical (unpaired) electrons. The second kappa shape index (κ2) is 57.3. The monoisotopic (exact) mass is 1900 g/mol. The van der Waals surface area contributed by atoms with Crippen molar-refractivity contribution >= 4 is 87.4 Å². The van der Waals surface area contributed by atoms with Crippen LogP contribution in [-0.2, 0) is 121 Å². The summed E-state index contributed by atoms with van der Waals surface area (Å²) in [5.41, 5.74) is 38.9. The lowest BCUT2D eigenvalue weighted by atomic mass is 10.0. The number of sulfonamides is 4. The molecule has 7 aromatic rings. The summed E-state index contributed by atoms with van der Waals surface area (Å²) >= 11 is 0. The van der Waals surface area contributed by atoms with Gasteiger partial charge in [0.05, 0.1) is 55.2 Å². The van der Waals surface area contributed by atoms with Crippen molar-refractivity contribution in [2.45, 2.75) is 188 Å². The van der Waals surface area contributed by atoms with Crippen LogP contribution < -0.4 is 76.9 Å². The fraction of sp³-hybridized carbons (Fsp3) is 0.468. The van der Waals surface area contributed by atoms with Crippen LogP contribution in [0.3, 0.4) is 0 Å². The Kier molecular flexibility index (Phi) is 47.2.